The Morgan fingerprint density at radius 2 is 1.54 bits per heavy atom. The van der Waals surface area contributed by atoms with Crippen LogP contribution in [0.25, 0.3) is 0 Å². The number of pyridine rings is 1. The van der Waals surface area contributed by atoms with Crippen LogP contribution in [0.2, 0.25) is 0 Å². The standard InChI is InChI=1S/C51H57F2N5O5/c1-4-34(2)51(56-35(3)59)24-26-57(50(51)62)45(23-22-36-15-8-5-9-16-36)49(61)55-44(29-37-27-40(52)30-41(53)28-37)48(60)46-31-43(63-42-21-14-25-54-32-42)33-58(46)47(38-17-10-6-11-18-38)39-19-12-7-13-20-39/h5-21,25,27-28,30,32,34,43-48,60H,4,22-24,26,29,31,33H2,1-3H3,(H,55,61)(H,56,59)/t34-,43-,44+,45?,46-,48+,51?/m1/s1. The molecule has 63 heavy (non-hydrogen) atoms. The molecular weight excluding hydrogens is 801 g/mol. The second-order valence-corrected chi connectivity index (χ2v) is 17.0. The molecular formula is C51H57F2N5O5. The van der Waals surface area contributed by atoms with Crippen molar-refractivity contribution in [2.75, 3.05) is 13.1 Å². The fourth-order valence-electron chi connectivity index (χ4n) is 9.60. The van der Waals surface area contributed by atoms with Crippen molar-refractivity contribution in [3.05, 3.63) is 168 Å². The van der Waals surface area contributed by atoms with Gasteiger partial charge in [0.15, 0.2) is 0 Å². The van der Waals surface area contributed by atoms with Gasteiger partial charge in [-0.25, -0.2) is 8.78 Å². The number of nitrogens with zero attached hydrogens (tertiary/aromatic N) is 3. The van der Waals surface area contributed by atoms with Crippen LogP contribution in [0.3, 0.4) is 0 Å². The average molecular weight is 858 g/mol. The summed E-state index contributed by atoms with van der Waals surface area (Å²) in [6.07, 6.45) is 3.45. The molecule has 0 aliphatic carbocycles. The molecule has 0 bridgehead atoms. The minimum absolute atomic E-state index is 0.122. The Labute approximate surface area is 368 Å². The monoisotopic (exact) mass is 857 g/mol. The number of hydrogen-bond acceptors (Lipinski definition) is 7. The van der Waals surface area contributed by atoms with Crippen LogP contribution in [0.1, 0.15) is 74.8 Å². The lowest BCUT2D eigenvalue weighted by atomic mass is 9.81. The molecule has 1 aromatic heterocycles. The summed E-state index contributed by atoms with van der Waals surface area (Å²) < 4.78 is 36.2. The number of hydrogen-bond donors (Lipinski definition) is 3. The van der Waals surface area contributed by atoms with E-state index in [2.05, 4.69) is 20.5 Å². The van der Waals surface area contributed by atoms with Crippen molar-refractivity contribution in [2.24, 2.45) is 5.92 Å². The summed E-state index contributed by atoms with van der Waals surface area (Å²) in [7, 11) is 0. The zero-order chi connectivity index (χ0) is 44.5. The Morgan fingerprint density at radius 1 is 0.905 bits per heavy atom. The van der Waals surface area contributed by atoms with Crippen LogP contribution in [0.5, 0.6) is 5.75 Å². The van der Waals surface area contributed by atoms with Gasteiger partial charge in [-0.05, 0) is 78.1 Å². The molecule has 4 aromatic carbocycles. The number of carbonyl (C=O) groups is 3. The number of aliphatic hydroxyl groups is 1. The van der Waals surface area contributed by atoms with Crippen molar-refractivity contribution in [3.63, 3.8) is 0 Å². The molecule has 0 spiro atoms. The Hall–Kier alpha value is -5.98. The Balaban J connectivity index is 1.27. The van der Waals surface area contributed by atoms with Crippen LogP contribution in [0, 0.1) is 17.6 Å². The topological polar surface area (TPSA) is 124 Å². The summed E-state index contributed by atoms with van der Waals surface area (Å²) in [4.78, 5) is 50.3. The Bertz CT molecular complexity index is 2230. The van der Waals surface area contributed by atoms with Gasteiger partial charge in [0, 0.05) is 44.7 Å². The molecule has 10 nitrogen and oxygen atoms in total. The van der Waals surface area contributed by atoms with Gasteiger partial charge < -0.3 is 25.4 Å². The first-order valence-corrected chi connectivity index (χ1v) is 21.9. The highest BCUT2D eigenvalue weighted by Crippen LogP contribution is 2.39. The highest BCUT2D eigenvalue weighted by Gasteiger charge is 2.53. The fraction of sp³-hybridized carbons (Fsp3) is 0.373. The maximum Gasteiger partial charge on any atom is 0.249 e. The van der Waals surface area contributed by atoms with E-state index < -0.39 is 53.4 Å². The third-order valence-corrected chi connectivity index (χ3v) is 12.8. The van der Waals surface area contributed by atoms with E-state index in [0.29, 0.717) is 38.0 Å². The molecule has 12 heteroatoms. The van der Waals surface area contributed by atoms with Crippen molar-refractivity contribution < 1.29 is 33.0 Å². The van der Waals surface area contributed by atoms with Gasteiger partial charge in [0.1, 0.15) is 35.1 Å². The summed E-state index contributed by atoms with van der Waals surface area (Å²) in [6.45, 7) is 5.89. The largest absolute Gasteiger partial charge is 0.487 e. The lowest BCUT2D eigenvalue weighted by Gasteiger charge is -2.39. The molecule has 7 rings (SSSR count). The van der Waals surface area contributed by atoms with Crippen molar-refractivity contribution >= 4 is 17.7 Å². The number of amides is 3. The van der Waals surface area contributed by atoms with Crippen LogP contribution in [-0.2, 0) is 27.2 Å². The van der Waals surface area contributed by atoms with Crippen molar-refractivity contribution in [3.8, 4) is 5.75 Å². The summed E-state index contributed by atoms with van der Waals surface area (Å²) in [6, 6.07) is 33.3. The van der Waals surface area contributed by atoms with Gasteiger partial charge >= 0.3 is 0 Å². The highest BCUT2D eigenvalue weighted by atomic mass is 19.1. The van der Waals surface area contributed by atoms with Crippen LogP contribution < -0.4 is 15.4 Å². The van der Waals surface area contributed by atoms with E-state index in [1.165, 1.54) is 19.1 Å². The van der Waals surface area contributed by atoms with Crippen LogP contribution in [-0.4, -0.2) is 86.6 Å². The van der Waals surface area contributed by atoms with E-state index in [1.807, 2.05) is 111 Å². The molecule has 0 radical (unpaired) electrons. The molecule has 3 amide bonds. The number of halogens is 2. The second-order valence-electron chi connectivity index (χ2n) is 17.0. The van der Waals surface area contributed by atoms with Crippen LogP contribution in [0.4, 0.5) is 8.78 Å². The predicted octanol–water partition coefficient (Wildman–Crippen LogP) is 7.21. The Kier molecular flexibility index (Phi) is 14.6. The maximum atomic E-state index is 15.1. The molecule has 3 N–H and O–H groups in total. The number of carbonyl (C=O) groups excluding carboxylic acids is 3. The summed E-state index contributed by atoms with van der Waals surface area (Å²) in [5.74, 6) is -2.41. The zero-order valence-electron chi connectivity index (χ0n) is 36.1. The lowest BCUT2D eigenvalue weighted by Crippen LogP contribution is -2.61. The maximum absolute atomic E-state index is 15.1. The molecule has 2 fully saturated rings. The van der Waals surface area contributed by atoms with Gasteiger partial charge in [-0.2, -0.15) is 0 Å². The summed E-state index contributed by atoms with van der Waals surface area (Å²) in [5, 5.41) is 19.0. The number of benzene rings is 4. The van der Waals surface area contributed by atoms with Gasteiger partial charge in [0.25, 0.3) is 0 Å². The van der Waals surface area contributed by atoms with E-state index >= 15 is 4.79 Å². The SMILES string of the molecule is CC[C@@H](C)C1(NC(C)=O)CCN(C(CCc2ccccc2)C(=O)N[C@@H](Cc2cc(F)cc(F)c2)[C@H](O)[C@H]2C[C@@H](Oc3cccnc3)CN2C(c2ccccc2)c2ccccc2)C1=O. The van der Waals surface area contributed by atoms with Crippen molar-refractivity contribution in [1.82, 2.24) is 25.4 Å². The smallest absolute Gasteiger partial charge is 0.249 e. The van der Waals surface area contributed by atoms with E-state index in [0.717, 1.165) is 22.8 Å². The minimum atomic E-state index is -1.31. The van der Waals surface area contributed by atoms with Crippen molar-refractivity contribution in [1.29, 1.82) is 0 Å². The quantitative estimate of drug-likeness (QED) is 0.0852. The first-order chi connectivity index (χ1) is 30.4. The number of aryl methyl sites for hydroxylation is 1. The van der Waals surface area contributed by atoms with Gasteiger partial charge in [-0.15, -0.1) is 0 Å². The third kappa shape index (κ3) is 10.6. The van der Waals surface area contributed by atoms with Crippen molar-refractivity contribution in [2.45, 2.75) is 101 Å². The number of aliphatic hydroxyl groups excluding tert-OH is 1. The van der Waals surface area contributed by atoms with E-state index in [-0.39, 0.29) is 48.7 Å². The highest BCUT2D eigenvalue weighted by molar-refractivity contribution is 5.96. The molecule has 330 valence electrons. The van der Waals surface area contributed by atoms with E-state index in [9.17, 15) is 23.5 Å². The number of ether oxygens (including phenoxy) is 1. The minimum Gasteiger partial charge on any atom is -0.487 e. The molecule has 3 heterocycles. The zero-order valence-corrected chi connectivity index (χ0v) is 36.1. The van der Waals surface area contributed by atoms with Gasteiger partial charge in [-0.1, -0.05) is 111 Å². The molecule has 2 saturated heterocycles. The fourth-order valence-corrected chi connectivity index (χ4v) is 9.60. The normalized spacial score (nSPS) is 20.9. The van der Waals surface area contributed by atoms with Crippen LogP contribution in [0.15, 0.2) is 134 Å². The number of likely N-dealkylation sites (tertiary alicyclic amines) is 2. The predicted molar refractivity (Wildman–Crippen MR) is 237 cm³/mol. The van der Waals surface area contributed by atoms with E-state index in [4.69, 9.17) is 4.74 Å². The third-order valence-electron chi connectivity index (χ3n) is 12.8. The average Bonchev–Trinajstić information content (AvgIpc) is 3.84. The second kappa shape index (κ2) is 20.5. The molecule has 2 aliphatic rings. The molecule has 0 saturated carbocycles. The molecule has 2 unspecified atom stereocenters. The van der Waals surface area contributed by atoms with Gasteiger partial charge in [0.2, 0.25) is 17.7 Å². The lowest BCUT2D eigenvalue weighted by molar-refractivity contribution is -0.144. The molecule has 7 atom stereocenters. The Morgan fingerprint density at radius 3 is 2.13 bits per heavy atom. The number of aromatic nitrogens is 1. The first kappa shape index (κ1) is 45.1. The molecule has 5 aromatic rings. The summed E-state index contributed by atoms with van der Waals surface area (Å²) in [5.41, 5.74) is 1.98. The van der Waals surface area contributed by atoms with Gasteiger partial charge in [-0.3, -0.25) is 24.3 Å². The van der Waals surface area contributed by atoms with Crippen LogP contribution >= 0.6 is 0 Å². The first-order valence-electron chi connectivity index (χ1n) is 21.9. The van der Waals surface area contributed by atoms with Gasteiger partial charge in [0.05, 0.1) is 24.4 Å². The number of rotatable bonds is 18. The summed E-state index contributed by atoms with van der Waals surface area (Å²) >= 11 is 0. The van der Waals surface area contributed by atoms with E-state index in [1.54, 1.807) is 23.4 Å². The molecule has 2 aliphatic heterocycles. The number of nitrogens with one attached hydrogen (secondary N) is 2.